The molecular formula is C25H42O4S. The van der Waals surface area contributed by atoms with E-state index in [0.717, 1.165) is 18.4 Å². The van der Waals surface area contributed by atoms with Gasteiger partial charge in [0.1, 0.15) is 0 Å². The highest BCUT2D eigenvalue weighted by molar-refractivity contribution is 7.85. The lowest BCUT2D eigenvalue weighted by Gasteiger charge is -1.98. The third-order valence-corrected chi connectivity index (χ3v) is 5.55. The Morgan fingerprint density at radius 2 is 1.27 bits per heavy atom. The van der Waals surface area contributed by atoms with Crippen molar-refractivity contribution in [2.75, 3.05) is 6.61 Å². The highest BCUT2D eigenvalue weighted by Gasteiger charge is 2.06. The average Bonchev–Trinajstić information content (AvgIpc) is 2.71. The normalized spacial score (nSPS) is 11.7. The fourth-order valence-electron chi connectivity index (χ4n) is 2.81. The van der Waals surface area contributed by atoms with E-state index < -0.39 is 10.1 Å². The van der Waals surface area contributed by atoms with Crippen molar-refractivity contribution in [3.8, 4) is 0 Å². The maximum atomic E-state index is 10.5. The molecule has 4 nitrogen and oxygen atoms in total. The number of hydrogen-bond acceptors (Lipinski definition) is 3. The summed E-state index contributed by atoms with van der Waals surface area (Å²) in [6.45, 7) is 4.45. The van der Waals surface area contributed by atoms with Gasteiger partial charge in [0.15, 0.2) is 0 Å². The van der Waals surface area contributed by atoms with Gasteiger partial charge in [-0.2, -0.15) is 8.42 Å². The molecule has 0 bridgehead atoms. The fraction of sp³-hybridized carbons (Fsp3) is 0.600. The van der Waals surface area contributed by atoms with Gasteiger partial charge in [0.05, 0.1) is 4.90 Å². The van der Waals surface area contributed by atoms with Gasteiger partial charge in [-0.15, -0.1) is 0 Å². The van der Waals surface area contributed by atoms with Crippen LogP contribution >= 0.6 is 0 Å². The maximum Gasteiger partial charge on any atom is 0.294 e. The minimum Gasteiger partial charge on any atom is -0.396 e. The number of aliphatic hydroxyl groups is 1. The second-order valence-electron chi connectivity index (χ2n) is 7.60. The van der Waals surface area contributed by atoms with E-state index in [2.05, 4.69) is 31.2 Å². The summed E-state index contributed by atoms with van der Waals surface area (Å²) in [5.74, 6) is 0. The molecule has 1 rings (SSSR count). The van der Waals surface area contributed by atoms with Gasteiger partial charge in [-0.3, -0.25) is 4.55 Å². The van der Waals surface area contributed by atoms with E-state index in [-0.39, 0.29) is 4.90 Å². The largest absolute Gasteiger partial charge is 0.396 e. The van der Waals surface area contributed by atoms with Crippen LogP contribution in [-0.2, 0) is 10.1 Å². The zero-order valence-corrected chi connectivity index (χ0v) is 19.7. The van der Waals surface area contributed by atoms with E-state index in [1.165, 1.54) is 76.3 Å². The average molecular weight is 439 g/mol. The van der Waals surface area contributed by atoms with Gasteiger partial charge in [0.25, 0.3) is 10.1 Å². The Kier molecular flexibility index (Phi) is 18.6. The Bertz CT molecular complexity index is 661. The number of aliphatic hydroxyl groups excluding tert-OH is 1. The van der Waals surface area contributed by atoms with E-state index in [4.69, 9.17) is 9.66 Å². The fourth-order valence-corrected chi connectivity index (χ4v) is 3.29. The van der Waals surface area contributed by atoms with Gasteiger partial charge in [-0.05, 0) is 57.6 Å². The molecule has 0 fully saturated rings. The van der Waals surface area contributed by atoms with Crippen molar-refractivity contribution in [3.05, 3.63) is 54.1 Å². The molecule has 0 spiro atoms. The van der Waals surface area contributed by atoms with Crippen LogP contribution < -0.4 is 0 Å². The highest BCUT2D eigenvalue weighted by atomic mass is 32.2. The highest BCUT2D eigenvalue weighted by Crippen LogP contribution is 2.09. The zero-order chi connectivity index (χ0) is 22.5. The van der Waals surface area contributed by atoms with Gasteiger partial charge in [-0.25, -0.2) is 0 Å². The quantitative estimate of drug-likeness (QED) is 0.175. The van der Waals surface area contributed by atoms with Gasteiger partial charge < -0.3 is 5.11 Å². The Hall–Kier alpha value is -1.43. The van der Waals surface area contributed by atoms with Crippen molar-refractivity contribution in [2.24, 2.45) is 0 Å². The summed E-state index contributed by atoms with van der Waals surface area (Å²) in [6.07, 6.45) is 24.2. The summed E-state index contributed by atoms with van der Waals surface area (Å²) in [6, 6.07) is 5.99. The molecule has 0 radical (unpaired) electrons. The number of allylic oxidation sites excluding steroid dienone is 4. The monoisotopic (exact) mass is 438 g/mol. The molecule has 0 unspecified atom stereocenters. The van der Waals surface area contributed by atoms with E-state index >= 15 is 0 Å². The van der Waals surface area contributed by atoms with Gasteiger partial charge >= 0.3 is 0 Å². The predicted molar refractivity (Wildman–Crippen MR) is 127 cm³/mol. The zero-order valence-electron chi connectivity index (χ0n) is 18.9. The van der Waals surface area contributed by atoms with E-state index in [9.17, 15) is 8.42 Å². The van der Waals surface area contributed by atoms with Gasteiger partial charge in [0, 0.05) is 6.61 Å². The van der Waals surface area contributed by atoms with Crippen LogP contribution in [0.2, 0.25) is 0 Å². The van der Waals surface area contributed by atoms with Crippen molar-refractivity contribution in [1.29, 1.82) is 0 Å². The van der Waals surface area contributed by atoms with Crippen LogP contribution in [0.4, 0.5) is 0 Å². The van der Waals surface area contributed by atoms with Gasteiger partial charge in [-0.1, -0.05) is 87.4 Å². The summed E-state index contributed by atoms with van der Waals surface area (Å²) < 4.78 is 29.6. The molecule has 2 N–H and O–H groups in total. The predicted octanol–water partition coefficient (Wildman–Crippen LogP) is 7.03. The first kappa shape index (κ1) is 28.6. The SMILES string of the molecule is CCCCCC=CCC=CCCCCCCCCO.Cc1ccc(S(=O)(=O)O)cc1. The molecule has 0 aliphatic carbocycles. The second kappa shape index (κ2) is 19.5. The molecule has 0 heterocycles. The van der Waals surface area contributed by atoms with Crippen molar-refractivity contribution in [1.82, 2.24) is 0 Å². The van der Waals surface area contributed by atoms with Crippen LogP contribution in [-0.4, -0.2) is 24.7 Å². The third kappa shape index (κ3) is 18.6. The Labute approximate surface area is 184 Å². The summed E-state index contributed by atoms with van der Waals surface area (Å²) in [4.78, 5) is -0.0666. The standard InChI is InChI=1S/C18H34O.C7H8O3S/c1-2-3-4-5-6-7-8-9-10-11-12-13-14-15-16-17-18-19;1-6-2-4-7(5-3-6)11(8,9)10/h6-7,9-10,19H,2-5,8,11-18H2,1H3;2-5H,1H3,(H,8,9,10). The molecule has 1 aromatic carbocycles. The summed E-state index contributed by atoms with van der Waals surface area (Å²) >= 11 is 0. The lowest BCUT2D eigenvalue weighted by atomic mass is 10.1. The summed E-state index contributed by atoms with van der Waals surface area (Å²) in [5, 5.41) is 8.66. The van der Waals surface area contributed by atoms with E-state index in [1.807, 2.05) is 6.92 Å². The second-order valence-corrected chi connectivity index (χ2v) is 9.02. The minimum atomic E-state index is -4.02. The number of rotatable bonds is 15. The number of benzene rings is 1. The molecule has 0 saturated heterocycles. The first-order chi connectivity index (χ1) is 14.4. The molecule has 0 atom stereocenters. The van der Waals surface area contributed by atoms with Crippen molar-refractivity contribution in [3.63, 3.8) is 0 Å². The molecule has 0 aromatic heterocycles. The molecule has 0 aliphatic rings. The molecule has 0 saturated carbocycles. The number of unbranched alkanes of at least 4 members (excludes halogenated alkanes) is 9. The van der Waals surface area contributed by atoms with E-state index in [0.29, 0.717) is 6.61 Å². The lowest BCUT2D eigenvalue weighted by molar-refractivity contribution is 0.282. The molecule has 30 heavy (non-hydrogen) atoms. The lowest BCUT2D eigenvalue weighted by Crippen LogP contribution is -1.96. The van der Waals surface area contributed by atoms with Crippen molar-refractivity contribution >= 4 is 10.1 Å². The number of aryl methyl sites for hydroxylation is 1. The van der Waals surface area contributed by atoms with Crippen LogP contribution in [0.5, 0.6) is 0 Å². The molecule has 0 aliphatic heterocycles. The molecule has 5 heteroatoms. The van der Waals surface area contributed by atoms with Crippen molar-refractivity contribution < 1.29 is 18.1 Å². The smallest absolute Gasteiger partial charge is 0.294 e. The van der Waals surface area contributed by atoms with Crippen LogP contribution in [0.15, 0.2) is 53.5 Å². The first-order valence-corrected chi connectivity index (χ1v) is 12.8. The summed E-state index contributed by atoms with van der Waals surface area (Å²) in [5.41, 5.74) is 0.956. The van der Waals surface area contributed by atoms with Crippen LogP contribution in [0.1, 0.15) is 89.5 Å². The molecule has 0 amide bonds. The Morgan fingerprint density at radius 1 is 0.767 bits per heavy atom. The minimum absolute atomic E-state index is 0.0666. The first-order valence-electron chi connectivity index (χ1n) is 11.4. The van der Waals surface area contributed by atoms with Gasteiger partial charge in [0.2, 0.25) is 0 Å². The van der Waals surface area contributed by atoms with Crippen molar-refractivity contribution in [2.45, 2.75) is 95.8 Å². The third-order valence-electron chi connectivity index (χ3n) is 4.68. The van der Waals surface area contributed by atoms with Crippen LogP contribution in [0.25, 0.3) is 0 Å². The maximum absolute atomic E-state index is 10.5. The molecule has 1 aromatic rings. The number of hydrogen-bond donors (Lipinski definition) is 2. The van der Waals surface area contributed by atoms with Crippen LogP contribution in [0, 0.1) is 6.92 Å². The molecular weight excluding hydrogens is 396 g/mol. The Balaban J connectivity index is 0.000000642. The summed E-state index contributed by atoms with van der Waals surface area (Å²) in [7, 11) is -4.02. The molecule has 172 valence electrons. The topological polar surface area (TPSA) is 74.6 Å². The van der Waals surface area contributed by atoms with E-state index in [1.54, 1.807) is 12.1 Å². The van der Waals surface area contributed by atoms with Crippen LogP contribution in [0.3, 0.4) is 0 Å². The Morgan fingerprint density at radius 3 is 1.77 bits per heavy atom.